The summed E-state index contributed by atoms with van der Waals surface area (Å²) in [4.78, 5) is 28.6. The van der Waals surface area contributed by atoms with Crippen molar-refractivity contribution in [3.63, 3.8) is 0 Å². The lowest BCUT2D eigenvalue weighted by Crippen LogP contribution is -2.36. The molecule has 4 N–H and O–H groups in total. The number of carboxylic acid groups (broad SMARTS) is 1. The molecule has 0 saturated heterocycles. The second kappa shape index (κ2) is 5.77. The summed E-state index contributed by atoms with van der Waals surface area (Å²) in [6.07, 6.45) is 0.196. The molecule has 6 nitrogen and oxygen atoms in total. The van der Waals surface area contributed by atoms with Gasteiger partial charge in [0, 0.05) is 6.42 Å². The van der Waals surface area contributed by atoms with E-state index < -0.39 is 37.7 Å². The molecule has 0 radical (unpaired) electrons. The number of hydrogen-bond donors (Lipinski definition) is 4. The fraction of sp³-hybridized carbons (Fsp3) is 0.889. The topological polar surface area (TPSA) is 115 Å². The molecule has 0 rings (SSSR count). The Labute approximate surface area is 94.5 Å². The van der Waals surface area contributed by atoms with Gasteiger partial charge in [-0.3, -0.25) is 9.36 Å². The van der Waals surface area contributed by atoms with Crippen LogP contribution in [-0.4, -0.2) is 31.3 Å². The Balaban J connectivity index is 4.89. The molecule has 96 valence electrons. The Morgan fingerprint density at radius 3 is 2.25 bits per heavy atom. The van der Waals surface area contributed by atoms with E-state index in [-0.39, 0.29) is 0 Å². The van der Waals surface area contributed by atoms with Crippen molar-refractivity contribution in [1.82, 2.24) is 0 Å². The highest BCUT2D eigenvalue weighted by molar-refractivity contribution is 7.53. The van der Waals surface area contributed by atoms with E-state index in [0.717, 1.165) is 0 Å². The molecule has 16 heavy (non-hydrogen) atoms. The molecule has 2 unspecified atom stereocenters. The van der Waals surface area contributed by atoms with Gasteiger partial charge in [0.1, 0.15) is 0 Å². The molecular weight excluding hydrogens is 235 g/mol. The van der Waals surface area contributed by atoms with Crippen molar-refractivity contribution in [2.24, 2.45) is 5.92 Å². The Bertz CT molecular complexity index is 286. The lowest BCUT2D eigenvalue weighted by atomic mass is 9.95. The third-order valence-corrected chi connectivity index (χ3v) is 4.40. The van der Waals surface area contributed by atoms with Crippen LogP contribution in [0, 0.1) is 5.92 Å². The van der Waals surface area contributed by atoms with Gasteiger partial charge in [-0.25, -0.2) is 0 Å². The molecular formula is C9H19O6P. The van der Waals surface area contributed by atoms with E-state index >= 15 is 0 Å². The first-order valence-electron chi connectivity index (χ1n) is 5.15. The summed E-state index contributed by atoms with van der Waals surface area (Å²) >= 11 is 0. The van der Waals surface area contributed by atoms with Crippen LogP contribution in [0.25, 0.3) is 0 Å². The van der Waals surface area contributed by atoms with Crippen LogP contribution in [0.5, 0.6) is 0 Å². The highest BCUT2D eigenvalue weighted by Crippen LogP contribution is 2.56. The molecule has 0 bridgehead atoms. The standard InChI is InChI=1S/C9H19O6P/c1-3-4-7(2)9(12,16(13,14)15)6-5-8(10)11/h7,12H,3-6H2,1-2H3,(H,10,11)(H2,13,14,15). The summed E-state index contributed by atoms with van der Waals surface area (Å²) in [5, 5.41) is 16.2. The highest BCUT2D eigenvalue weighted by Gasteiger charge is 2.48. The summed E-state index contributed by atoms with van der Waals surface area (Å²) in [5.74, 6) is -1.83. The molecule has 0 aliphatic carbocycles. The van der Waals surface area contributed by atoms with Gasteiger partial charge >= 0.3 is 13.6 Å². The third-order valence-electron chi connectivity index (χ3n) is 2.72. The van der Waals surface area contributed by atoms with Gasteiger partial charge in [-0.2, -0.15) is 0 Å². The number of aliphatic hydroxyl groups is 1. The molecule has 0 saturated carbocycles. The second-order valence-corrected chi connectivity index (χ2v) is 5.87. The number of rotatable bonds is 7. The van der Waals surface area contributed by atoms with E-state index in [1.54, 1.807) is 0 Å². The third kappa shape index (κ3) is 3.87. The van der Waals surface area contributed by atoms with Crippen molar-refractivity contribution < 1.29 is 29.4 Å². The van der Waals surface area contributed by atoms with Crippen LogP contribution >= 0.6 is 7.60 Å². The zero-order valence-corrected chi connectivity index (χ0v) is 10.4. The summed E-state index contributed by atoms with van der Waals surface area (Å²) < 4.78 is 11.2. The van der Waals surface area contributed by atoms with Crippen LogP contribution in [0.4, 0.5) is 0 Å². The first-order valence-corrected chi connectivity index (χ1v) is 6.76. The van der Waals surface area contributed by atoms with Crippen LogP contribution in [0.3, 0.4) is 0 Å². The number of hydrogen-bond acceptors (Lipinski definition) is 3. The van der Waals surface area contributed by atoms with Crippen molar-refractivity contribution >= 4 is 13.6 Å². The first-order chi connectivity index (χ1) is 7.15. The molecule has 0 fully saturated rings. The summed E-state index contributed by atoms with van der Waals surface area (Å²) in [7, 11) is -4.74. The molecule has 2 atom stereocenters. The zero-order valence-electron chi connectivity index (χ0n) is 9.46. The van der Waals surface area contributed by atoms with Crippen molar-refractivity contribution in [2.75, 3.05) is 0 Å². The largest absolute Gasteiger partial charge is 0.481 e. The minimum Gasteiger partial charge on any atom is -0.481 e. The van der Waals surface area contributed by atoms with Crippen molar-refractivity contribution in [2.45, 2.75) is 44.9 Å². The predicted molar refractivity (Wildman–Crippen MR) is 57.9 cm³/mol. The van der Waals surface area contributed by atoms with E-state index in [0.29, 0.717) is 12.8 Å². The minimum absolute atomic E-state index is 0.432. The quantitative estimate of drug-likeness (QED) is 0.506. The summed E-state index contributed by atoms with van der Waals surface area (Å²) in [5.41, 5.74) is 0. The van der Waals surface area contributed by atoms with Gasteiger partial charge < -0.3 is 20.0 Å². The van der Waals surface area contributed by atoms with E-state index in [9.17, 15) is 14.5 Å². The van der Waals surface area contributed by atoms with Gasteiger partial charge in [-0.05, 0) is 18.8 Å². The maximum atomic E-state index is 11.2. The van der Waals surface area contributed by atoms with Crippen LogP contribution in [0.1, 0.15) is 39.5 Å². The second-order valence-electron chi connectivity index (χ2n) is 4.01. The summed E-state index contributed by atoms with van der Waals surface area (Å²) in [6, 6.07) is 0. The highest BCUT2D eigenvalue weighted by atomic mass is 31.2. The molecule has 0 aromatic heterocycles. The van der Waals surface area contributed by atoms with E-state index in [4.69, 9.17) is 14.9 Å². The van der Waals surface area contributed by atoms with Gasteiger partial charge in [0.25, 0.3) is 0 Å². The van der Waals surface area contributed by atoms with Gasteiger partial charge in [-0.1, -0.05) is 20.3 Å². The molecule has 0 heterocycles. The van der Waals surface area contributed by atoms with E-state index in [1.807, 2.05) is 6.92 Å². The lowest BCUT2D eigenvalue weighted by Gasteiger charge is -2.34. The fourth-order valence-corrected chi connectivity index (χ4v) is 2.74. The molecule has 0 aromatic carbocycles. The van der Waals surface area contributed by atoms with Crippen LogP contribution < -0.4 is 0 Å². The van der Waals surface area contributed by atoms with Gasteiger partial charge in [0.2, 0.25) is 0 Å². The molecule has 0 aromatic rings. The van der Waals surface area contributed by atoms with Gasteiger partial charge in [0.05, 0.1) is 0 Å². The van der Waals surface area contributed by atoms with Crippen molar-refractivity contribution in [3.05, 3.63) is 0 Å². The Morgan fingerprint density at radius 1 is 1.44 bits per heavy atom. The molecule has 0 aliphatic heterocycles. The number of carbonyl (C=O) groups is 1. The van der Waals surface area contributed by atoms with Crippen LogP contribution in [0.2, 0.25) is 0 Å². The minimum atomic E-state index is -4.74. The average Bonchev–Trinajstić information content (AvgIpc) is 2.12. The maximum Gasteiger partial charge on any atom is 0.357 e. The zero-order chi connectivity index (χ0) is 13.0. The number of carboxylic acids is 1. The molecule has 0 amide bonds. The van der Waals surface area contributed by atoms with Gasteiger partial charge in [-0.15, -0.1) is 0 Å². The molecule has 0 spiro atoms. The lowest BCUT2D eigenvalue weighted by molar-refractivity contribution is -0.138. The molecule has 7 heteroatoms. The van der Waals surface area contributed by atoms with E-state index in [1.165, 1.54) is 6.92 Å². The fourth-order valence-electron chi connectivity index (χ4n) is 1.63. The van der Waals surface area contributed by atoms with Crippen LogP contribution in [0.15, 0.2) is 0 Å². The van der Waals surface area contributed by atoms with Crippen molar-refractivity contribution in [3.8, 4) is 0 Å². The summed E-state index contributed by atoms with van der Waals surface area (Å²) in [6.45, 7) is 3.35. The van der Waals surface area contributed by atoms with Crippen molar-refractivity contribution in [1.29, 1.82) is 0 Å². The Morgan fingerprint density at radius 2 is 1.94 bits per heavy atom. The normalized spacial score (nSPS) is 17.8. The maximum absolute atomic E-state index is 11.2. The smallest absolute Gasteiger partial charge is 0.357 e. The Hall–Kier alpha value is -0.420. The first kappa shape index (κ1) is 15.6. The SMILES string of the molecule is CCCC(C)C(O)(CCC(=O)O)P(=O)(O)O. The predicted octanol–water partition coefficient (Wildman–Crippen LogP) is 1.15. The Kier molecular flexibility index (Phi) is 5.62. The monoisotopic (exact) mass is 254 g/mol. The van der Waals surface area contributed by atoms with E-state index in [2.05, 4.69) is 0 Å². The van der Waals surface area contributed by atoms with Gasteiger partial charge in [0.15, 0.2) is 5.34 Å². The van der Waals surface area contributed by atoms with Crippen LogP contribution in [-0.2, 0) is 9.36 Å². The average molecular weight is 254 g/mol. The number of aliphatic carboxylic acids is 1. The molecule has 0 aliphatic rings.